The molecule has 3 rings (SSSR count). The van der Waals surface area contributed by atoms with Crippen molar-refractivity contribution in [1.82, 2.24) is 9.55 Å². The number of carbonyl (C=O) groups is 1. The molecule has 0 aliphatic heterocycles. The van der Waals surface area contributed by atoms with Crippen molar-refractivity contribution < 1.29 is 13.6 Å². The van der Waals surface area contributed by atoms with E-state index in [4.69, 9.17) is 0 Å². The highest BCUT2D eigenvalue weighted by molar-refractivity contribution is 7.99. The second kappa shape index (κ2) is 6.70. The first-order valence-electron chi connectivity index (χ1n) is 6.77. The number of hydrogen-bond acceptors (Lipinski definition) is 5. The number of rotatable bonds is 4. The number of nitrogens with zero attached hydrogens (tertiary/aromatic N) is 2. The van der Waals surface area contributed by atoms with Gasteiger partial charge in [-0.25, -0.2) is 13.8 Å². The zero-order valence-corrected chi connectivity index (χ0v) is 14.0. The molecule has 24 heavy (non-hydrogen) atoms. The van der Waals surface area contributed by atoms with Gasteiger partial charge in [0.15, 0.2) is 5.16 Å². The zero-order valence-electron chi connectivity index (χ0n) is 12.4. The van der Waals surface area contributed by atoms with E-state index in [1.807, 2.05) is 0 Å². The van der Waals surface area contributed by atoms with E-state index in [0.717, 1.165) is 30.0 Å². The Bertz CT molecular complexity index is 984. The molecule has 2 heterocycles. The molecule has 0 aliphatic carbocycles. The summed E-state index contributed by atoms with van der Waals surface area (Å²) in [4.78, 5) is 29.0. The molecular formula is C15H11F2N3O2S2. The molecule has 1 N–H and O–H groups in total. The molecular weight excluding hydrogens is 356 g/mol. The van der Waals surface area contributed by atoms with Crippen molar-refractivity contribution >= 4 is 44.9 Å². The molecule has 0 spiro atoms. The van der Waals surface area contributed by atoms with Gasteiger partial charge in [0.2, 0.25) is 5.91 Å². The Morgan fingerprint density at radius 1 is 1.38 bits per heavy atom. The van der Waals surface area contributed by atoms with Crippen molar-refractivity contribution in [3.8, 4) is 0 Å². The summed E-state index contributed by atoms with van der Waals surface area (Å²) in [7, 11) is 1.57. The van der Waals surface area contributed by atoms with Crippen LogP contribution in [0, 0.1) is 11.6 Å². The number of fused-ring (bicyclic) bond motifs is 1. The normalized spacial score (nSPS) is 11.0. The van der Waals surface area contributed by atoms with E-state index >= 15 is 0 Å². The van der Waals surface area contributed by atoms with Gasteiger partial charge in [-0.2, -0.15) is 0 Å². The summed E-state index contributed by atoms with van der Waals surface area (Å²) in [5.74, 6) is -1.98. The van der Waals surface area contributed by atoms with Crippen LogP contribution in [0.4, 0.5) is 14.5 Å². The largest absolute Gasteiger partial charge is 0.323 e. The summed E-state index contributed by atoms with van der Waals surface area (Å²) in [5, 5.41) is 4.98. The number of hydrogen-bond donors (Lipinski definition) is 1. The summed E-state index contributed by atoms with van der Waals surface area (Å²) in [6.07, 6.45) is 0. The van der Waals surface area contributed by atoms with Gasteiger partial charge in [0, 0.05) is 13.1 Å². The molecule has 0 fully saturated rings. The van der Waals surface area contributed by atoms with Gasteiger partial charge >= 0.3 is 0 Å². The molecule has 0 saturated carbocycles. The van der Waals surface area contributed by atoms with E-state index in [1.165, 1.54) is 15.9 Å². The van der Waals surface area contributed by atoms with Crippen LogP contribution in [0.3, 0.4) is 0 Å². The predicted molar refractivity (Wildman–Crippen MR) is 90.6 cm³/mol. The van der Waals surface area contributed by atoms with Crippen LogP contribution in [0.5, 0.6) is 0 Å². The summed E-state index contributed by atoms with van der Waals surface area (Å²) >= 11 is 2.38. The maximum absolute atomic E-state index is 13.5. The first-order chi connectivity index (χ1) is 11.5. The molecule has 0 atom stereocenters. The number of anilines is 1. The Balaban J connectivity index is 1.74. The van der Waals surface area contributed by atoms with Crippen LogP contribution in [0.25, 0.3) is 10.2 Å². The van der Waals surface area contributed by atoms with Gasteiger partial charge in [-0.15, -0.1) is 11.3 Å². The number of nitrogens with one attached hydrogen (secondary N) is 1. The van der Waals surface area contributed by atoms with Crippen molar-refractivity contribution in [2.24, 2.45) is 7.05 Å². The third-order valence-corrected chi connectivity index (χ3v) is 5.04. The molecule has 0 aliphatic rings. The van der Waals surface area contributed by atoms with Gasteiger partial charge in [-0.1, -0.05) is 11.8 Å². The van der Waals surface area contributed by atoms with E-state index in [0.29, 0.717) is 15.4 Å². The third kappa shape index (κ3) is 3.31. The molecule has 1 aromatic carbocycles. The average molecular weight is 367 g/mol. The van der Waals surface area contributed by atoms with Crippen LogP contribution in [-0.2, 0) is 11.8 Å². The molecule has 0 bridgehead atoms. The molecule has 9 heteroatoms. The lowest BCUT2D eigenvalue weighted by Gasteiger charge is -2.08. The summed E-state index contributed by atoms with van der Waals surface area (Å²) in [6.45, 7) is 0. The zero-order chi connectivity index (χ0) is 17.3. The lowest BCUT2D eigenvalue weighted by molar-refractivity contribution is -0.113. The fourth-order valence-electron chi connectivity index (χ4n) is 2.02. The number of thioether (sulfide) groups is 1. The first kappa shape index (κ1) is 16.6. The molecule has 0 saturated heterocycles. The molecule has 3 aromatic rings. The minimum absolute atomic E-state index is 0.0902. The maximum atomic E-state index is 13.5. The summed E-state index contributed by atoms with van der Waals surface area (Å²) in [5.41, 5.74) is -0.420. The lowest BCUT2D eigenvalue weighted by Crippen LogP contribution is -2.21. The van der Waals surface area contributed by atoms with E-state index in [-0.39, 0.29) is 17.0 Å². The standard InChI is InChI=1S/C15H11F2N3O2S2/c1-20-14(22)9-4-5-23-13(9)19-15(20)24-7-12(21)18-11-6-8(16)2-3-10(11)17/h2-6H,7H2,1H3,(H,18,21). The highest BCUT2D eigenvalue weighted by atomic mass is 32.2. The molecule has 124 valence electrons. The number of halogens is 2. The van der Waals surface area contributed by atoms with Crippen molar-refractivity contribution in [1.29, 1.82) is 0 Å². The van der Waals surface area contributed by atoms with Crippen LogP contribution < -0.4 is 10.9 Å². The van der Waals surface area contributed by atoms with Crippen molar-refractivity contribution in [3.05, 3.63) is 51.6 Å². The third-order valence-electron chi connectivity index (χ3n) is 3.20. The summed E-state index contributed by atoms with van der Waals surface area (Å²) < 4.78 is 28.0. The highest BCUT2D eigenvalue weighted by Gasteiger charge is 2.13. The summed E-state index contributed by atoms with van der Waals surface area (Å²) in [6, 6.07) is 4.51. The minimum atomic E-state index is -0.722. The Hall–Kier alpha value is -2.26. The van der Waals surface area contributed by atoms with E-state index in [9.17, 15) is 18.4 Å². The molecule has 0 unspecified atom stereocenters. The van der Waals surface area contributed by atoms with Crippen LogP contribution in [0.2, 0.25) is 0 Å². The first-order valence-corrected chi connectivity index (χ1v) is 8.64. The Labute approximate surface area is 143 Å². The van der Waals surface area contributed by atoms with Gasteiger partial charge in [-0.3, -0.25) is 14.2 Å². The lowest BCUT2D eigenvalue weighted by atomic mass is 10.3. The molecule has 0 radical (unpaired) electrons. The Morgan fingerprint density at radius 3 is 2.96 bits per heavy atom. The predicted octanol–water partition coefficient (Wildman–Crippen LogP) is 3.00. The molecule has 5 nitrogen and oxygen atoms in total. The Morgan fingerprint density at radius 2 is 2.17 bits per heavy atom. The highest BCUT2D eigenvalue weighted by Crippen LogP contribution is 2.21. The van der Waals surface area contributed by atoms with Gasteiger partial charge in [0.25, 0.3) is 5.56 Å². The van der Waals surface area contributed by atoms with E-state index < -0.39 is 17.5 Å². The number of aromatic nitrogens is 2. The topological polar surface area (TPSA) is 64.0 Å². The van der Waals surface area contributed by atoms with E-state index in [2.05, 4.69) is 10.3 Å². The number of carbonyl (C=O) groups excluding carboxylic acids is 1. The second-order valence-electron chi connectivity index (χ2n) is 4.86. The van der Waals surface area contributed by atoms with Crippen LogP contribution in [-0.4, -0.2) is 21.2 Å². The monoisotopic (exact) mass is 367 g/mol. The Kier molecular flexibility index (Phi) is 4.63. The van der Waals surface area contributed by atoms with Crippen LogP contribution in [0.15, 0.2) is 39.6 Å². The van der Waals surface area contributed by atoms with Gasteiger partial charge in [0.05, 0.1) is 16.8 Å². The fourth-order valence-corrected chi connectivity index (χ4v) is 3.60. The number of benzene rings is 1. The number of thiophene rings is 1. The molecule has 2 aromatic heterocycles. The minimum Gasteiger partial charge on any atom is -0.323 e. The molecule has 1 amide bonds. The van der Waals surface area contributed by atoms with Crippen LogP contribution >= 0.6 is 23.1 Å². The second-order valence-corrected chi connectivity index (χ2v) is 6.70. The van der Waals surface area contributed by atoms with Gasteiger partial charge in [-0.05, 0) is 23.6 Å². The SMILES string of the molecule is Cn1c(SCC(=O)Nc2cc(F)ccc2F)nc2sccc2c1=O. The van der Waals surface area contributed by atoms with Gasteiger partial charge in [0.1, 0.15) is 16.5 Å². The quantitative estimate of drug-likeness (QED) is 0.569. The van der Waals surface area contributed by atoms with Crippen molar-refractivity contribution in [2.45, 2.75) is 5.16 Å². The number of amides is 1. The van der Waals surface area contributed by atoms with Crippen LogP contribution in [0.1, 0.15) is 0 Å². The van der Waals surface area contributed by atoms with Crippen molar-refractivity contribution in [2.75, 3.05) is 11.1 Å². The smallest absolute Gasteiger partial charge is 0.262 e. The fraction of sp³-hybridized carbons (Fsp3) is 0.133. The van der Waals surface area contributed by atoms with Gasteiger partial charge < -0.3 is 5.32 Å². The average Bonchev–Trinajstić information content (AvgIpc) is 3.01. The van der Waals surface area contributed by atoms with E-state index in [1.54, 1.807) is 18.5 Å². The maximum Gasteiger partial charge on any atom is 0.262 e. The van der Waals surface area contributed by atoms with Crippen molar-refractivity contribution in [3.63, 3.8) is 0 Å².